The number of benzene rings is 2. The first kappa shape index (κ1) is 80.7. The summed E-state index contributed by atoms with van der Waals surface area (Å²) in [5.74, 6) is -15.5. The van der Waals surface area contributed by atoms with E-state index in [2.05, 4.69) is 93.7 Å². The number of thiol groups is 2. The molecule has 10 atom stereocenters. The van der Waals surface area contributed by atoms with Crippen molar-refractivity contribution in [2.24, 2.45) is 44.4 Å². The molecular formula is C56H87N19O17S2. The van der Waals surface area contributed by atoms with Crippen LogP contribution in [0.5, 0.6) is 0 Å². The molecule has 27 N–H and O–H groups in total. The highest BCUT2D eigenvalue weighted by molar-refractivity contribution is 7.80. The minimum atomic E-state index is -1.88. The monoisotopic (exact) mass is 1360 g/mol. The number of aliphatic hydroxyl groups is 2. The van der Waals surface area contributed by atoms with Crippen molar-refractivity contribution in [1.29, 1.82) is 0 Å². The number of aliphatic carboxylic acids is 2. The number of carbonyl (C=O) groups excluding carboxylic acids is 11. The van der Waals surface area contributed by atoms with Crippen LogP contribution in [0.25, 0.3) is 0 Å². The first-order chi connectivity index (χ1) is 44.7. The Morgan fingerprint density at radius 2 is 0.787 bits per heavy atom. The maximum absolute atomic E-state index is 13.8. The Morgan fingerprint density at radius 3 is 1.24 bits per heavy atom. The third-order valence-corrected chi connectivity index (χ3v) is 14.2. The third-order valence-electron chi connectivity index (χ3n) is 13.4. The van der Waals surface area contributed by atoms with Crippen molar-refractivity contribution in [2.75, 3.05) is 57.4 Å². The zero-order chi connectivity index (χ0) is 70.3. The Hall–Kier alpha value is -9.37. The summed E-state index contributed by atoms with van der Waals surface area (Å²) in [7, 11) is 0. The van der Waals surface area contributed by atoms with Crippen LogP contribution >= 0.6 is 25.3 Å². The molecule has 94 heavy (non-hydrogen) atoms. The fraction of sp³-hybridized carbons (Fsp3) is 0.518. The van der Waals surface area contributed by atoms with Crippen LogP contribution < -0.4 is 92.9 Å². The van der Waals surface area contributed by atoms with E-state index in [-0.39, 0.29) is 82.3 Å². The molecule has 0 heterocycles. The second kappa shape index (κ2) is 44.2. The Bertz CT molecular complexity index is 2910. The topological polar surface area (TPSA) is 616 Å². The number of nitrogens with two attached hydrogens (primary N) is 6. The summed E-state index contributed by atoms with van der Waals surface area (Å²) in [6, 6.07) is 1.42. The SMILES string of the molecule is NCCCC[C@H](NC(=O)[C@H](CCCN=C(N)N)NC(=O)CNC(=O)[C@H](CCCN=C(N)N)NC(=O)[C@H](CS)NC(=O)[C@H](CO)NC(=O)[C@H](CO)NC(=O)CNC(=O)[C@H](Cc1ccccc1)NC(=O)[C@H](CC(=O)O)NC(=O)[C@H](CS)NC(=O)[C@@H](N)Cc1ccccc1)C(=O)O. The molecule has 38 heteroatoms. The molecule has 0 radical (unpaired) electrons. The van der Waals surface area contributed by atoms with Crippen LogP contribution in [0.2, 0.25) is 0 Å². The molecule has 0 saturated carbocycles. The minimum absolute atomic E-state index is 0.0370. The summed E-state index contributed by atoms with van der Waals surface area (Å²) in [4.78, 5) is 179. The van der Waals surface area contributed by atoms with E-state index in [9.17, 15) is 82.8 Å². The van der Waals surface area contributed by atoms with Gasteiger partial charge in [0, 0.05) is 31.0 Å². The average molecular weight is 1360 g/mol. The number of hydrogen-bond donors (Lipinski definition) is 23. The number of nitrogens with zero attached hydrogens (tertiary/aromatic N) is 2. The number of carboxylic acid groups (broad SMARTS) is 2. The molecule has 0 aromatic heterocycles. The number of aliphatic hydroxyl groups excluding tert-OH is 2. The number of guanidine groups is 2. The van der Waals surface area contributed by atoms with Crippen LogP contribution in [-0.4, -0.2) is 227 Å². The van der Waals surface area contributed by atoms with Crippen molar-refractivity contribution in [3.63, 3.8) is 0 Å². The molecule has 11 amide bonds. The lowest BCUT2D eigenvalue weighted by Crippen LogP contribution is -2.60. The zero-order valence-electron chi connectivity index (χ0n) is 51.3. The lowest BCUT2D eigenvalue weighted by atomic mass is 10.0. The highest BCUT2D eigenvalue weighted by atomic mass is 32.1. The van der Waals surface area contributed by atoms with Gasteiger partial charge in [-0.05, 0) is 69.0 Å². The summed E-state index contributed by atoms with van der Waals surface area (Å²) in [6.07, 6.45) is -0.302. The van der Waals surface area contributed by atoms with E-state index in [1.54, 1.807) is 60.7 Å². The summed E-state index contributed by atoms with van der Waals surface area (Å²) in [6.45, 7) is -3.67. The lowest BCUT2D eigenvalue weighted by Gasteiger charge is -2.25. The smallest absolute Gasteiger partial charge is 0.326 e. The molecule has 0 saturated heterocycles. The van der Waals surface area contributed by atoms with Crippen LogP contribution in [0.4, 0.5) is 0 Å². The van der Waals surface area contributed by atoms with E-state index in [1.165, 1.54) is 0 Å². The number of carboxylic acids is 2. The molecule has 0 aliphatic carbocycles. The molecule has 520 valence electrons. The average Bonchev–Trinajstić information content (AvgIpc) is 0.964. The van der Waals surface area contributed by atoms with E-state index in [0.29, 0.717) is 18.4 Å². The lowest BCUT2D eigenvalue weighted by molar-refractivity contribution is -0.142. The van der Waals surface area contributed by atoms with E-state index in [1.807, 2.05) is 0 Å². The van der Waals surface area contributed by atoms with Crippen molar-refractivity contribution in [2.45, 2.75) is 125 Å². The highest BCUT2D eigenvalue weighted by Gasteiger charge is 2.35. The first-order valence-electron chi connectivity index (χ1n) is 29.5. The minimum Gasteiger partial charge on any atom is -0.481 e. The number of rotatable bonds is 45. The maximum Gasteiger partial charge on any atom is 0.326 e. The molecule has 0 bridgehead atoms. The van der Waals surface area contributed by atoms with Gasteiger partial charge in [0.2, 0.25) is 65.0 Å². The van der Waals surface area contributed by atoms with Gasteiger partial charge < -0.3 is 113 Å². The van der Waals surface area contributed by atoms with E-state index in [4.69, 9.17) is 34.4 Å². The quantitative estimate of drug-likeness (QED) is 0.0127. The van der Waals surface area contributed by atoms with Crippen LogP contribution in [0.1, 0.15) is 62.5 Å². The number of hydrogen-bond acceptors (Lipinski definition) is 21. The standard InChI is InChI=1S/C56H87N19O17S2/c57-18-8-7-15-35(54(91)92)70-48(85)34(17-10-20-64-56(61)62)67-42(78)24-65-46(83)33(16-9-19-63-55(59)60)69-52(89)41(29-94)75-51(88)39(27-77)73-50(87)38(26-76)68-43(79)25-66-47(84)36(22-31-13-5-2-6-14-31)71-49(86)37(23-44(80)81)72-53(90)40(28-93)74-45(82)32(58)21-30-11-3-1-4-12-30/h1-6,11-14,32-41,76-77,93-94H,7-10,15-29,57-58H2,(H,65,83)(H,66,84)(H,67,78)(H,68,79)(H,69,89)(H,70,85)(H,71,86)(H,72,90)(H,73,87)(H,74,82)(H,75,88)(H,80,81)(H,91,92)(H4,59,60,63)(H4,61,62,64)/t32-,33-,34-,35-,36-,37-,38-,39-,40-,41-/m0/s1. The van der Waals surface area contributed by atoms with Gasteiger partial charge in [-0.1, -0.05) is 60.7 Å². The normalized spacial score (nSPS) is 14.0. The van der Waals surface area contributed by atoms with Gasteiger partial charge in [0.15, 0.2) is 11.9 Å². The molecule has 0 aliphatic heterocycles. The molecule has 0 unspecified atom stereocenters. The van der Waals surface area contributed by atoms with Crippen molar-refractivity contribution in [1.82, 2.24) is 58.5 Å². The van der Waals surface area contributed by atoms with Gasteiger partial charge in [-0.3, -0.25) is 67.5 Å². The summed E-state index contributed by atoms with van der Waals surface area (Å²) >= 11 is 8.26. The zero-order valence-corrected chi connectivity index (χ0v) is 53.1. The number of aliphatic imine (C=N–C) groups is 2. The molecule has 2 rings (SSSR count). The predicted molar refractivity (Wildman–Crippen MR) is 346 cm³/mol. The van der Waals surface area contributed by atoms with Gasteiger partial charge in [0.05, 0.1) is 38.8 Å². The fourth-order valence-electron chi connectivity index (χ4n) is 8.46. The Kier molecular flexibility index (Phi) is 38.0. The van der Waals surface area contributed by atoms with Crippen molar-refractivity contribution in [3.8, 4) is 0 Å². The second-order valence-corrected chi connectivity index (χ2v) is 21.7. The van der Waals surface area contributed by atoms with Crippen molar-refractivity contribution in [3.05, 3.63) is 71.8 Å². The van der Waals surface area contributed by atoms with Gasteiger partial charge >= 0.3 is 11.9 Å². The summed E-state index contributed by atoms with van der Waals surface area (Å²) in [5.41, 5.74) is 34.4. The van der Waals surface area contributed by atoms with Crippen LogP contribution in [-0.2, 0) is 75.2 Å². The number of carbonyl (C=O) groups is 13. The van der Waals surface area contributed by atoms with Crippen LogP contribution in [0, 0.1) is 0 Å². The predicted octanol–water partition coefficient (Wildman–Crippen LogP) is -8.97. The highest BCUT2D eigenvalue weighted by Crippen LogP contribution is 2.09. The summed E-state index contributed by atoms with van der Waals surface area (Å²) in [5, 5.41) is 65.2. The molecular weight excluding hydrogens is 1270 g/mol. The van der Waals surface area contributed by atoms with Crippen LogP contribution in [0.3, 0.4) is 0 Å². The van der Waals surface area contributed by atoms with E-state index < -0.39 is 176 Å². The van der Waals surface area contributed by atoms with E-state index in [0.717, 1.165) is 5.56 Å². The fourth-order valence-corrected chi connectivity index (χ4v) is 8.97. The van der Waals surface area contributed by atoms with Gasteiger partial charge in [-0.15, -0.1) is 0 Å². The Labute approximate surface area is 551 Å². The van der Waals surface area contributed by atoms with Gasteiger partial charge in [0.25, 0.3) is 0 Å². The molecule has 2 aromatic carbocycles. The number of amides is 11. The van der Waals surface area contributed by atoms with E-state index >= 15 is 0 Å². The number of unbranched alkanes of at least 4 members (excludes halogenated alkanes) is 1. The largest absolute Gasteiger partial charge is 0.481 e. The summed E-state index contributed by atoms with van der Waals surface area (Å²) < 4.78 is 0. The van der Waals surface area contributed by atoms with Gasteiger partial charge in [0.1, 0.15) is 54.4 Å². The maximum atomic E-state index is 13.8. The Balaban J connectivity index is 2.17. The first-order valence-corrected chi connectivity index (χ1v) is 30.7. The van der Waals surface area contributed by atoms with Crippen molar-refractivity contribution < 1.29 is 82.8 Å². The third kappa shape index (κ3) is 31.8. The molecule has 36 nitrogen and oxygen atoms in total. The molecule has 0 aliphatic rings. The molecule has 0 spiro atoms. The van der Waals surface area contributed by atoms with Crippen LogP contribution in [0.15, 0.2) is 70.6 Å². The second-order valence-electron chi connectivity index (χ2n) is 20.9. The molecule has 2 aromatic rings. The molecule has 0 fully saturated rings. The number of nitrogens with one attached hydrogen (secondary N) is 11. The van der Waals surface area contributed by atoms with Gasteiger partial charge in [-0.25, -0.2) is 4.79 Å². The van der Waals surface area contributed by atoms with Crippen molar-refractivity contribution >= 4 is 114 Å². The van der Waals surface area contributed by atoms with Gasteiger partial charge in [-0.2, -0.15) is 25.3 Å². The Morgan fingerprint density at radius 1 is 0.426 bits per heavy atom.